The van der Waals surface area contributed by atoms with Crippen LogP contribution in [0.2, 0.25) is 0 Å². The quantitative estimate of drug-likeness (QED) is 0.0531. The highest BCUT2D eigenvalue weighted by atomic mass is 32.2. The van der Waals surface area contributed by atoms with Crippen LogP contribution in [0.5, 0.6) is 0 Å². The van der Waals surface area contributed by atoms with E-state index in [2.05, 4.69) is 58.4 Å². The predicted molar refractivity (Wildman–Crippen MR) is 260 cm³/mol. The molecule has 66 heavy (non-hydrogen) atoms. The van der Waals surface area contributed by atoms with Gasteiger partial charge < -0.3 is 18.8 Å². The minimum absolute atomic E-state index is 0.459. The van der Waals surface area contributed by atoms with Crippen LogP contribution in [0.15, 0.2) is 83.4 Å². The predicted octanol–water partition coefficient (Wildman–Crippen LogP) is 6.79. The molecule has 0 aliphatic heterocycles. The number of benzene rings is 2. The van der Waals surface area contributed by atoms with Gasteiger partial charge in [0.2, 0.25) is 5.94 Å². The van der Waals surface area contributed by atoms with Crippen molar-refractivity contribution in [2.75, 3.05) is 24.4 Å². The number of rotatable bonds is 12. The van der Waals surface area contributed by atoms with Gasteiger partial charge in [-0.15, -0.1) is 11.8 Å². The average Bonchev–Trinajstić information content (AvgIpc) is 3.79. The van der Waals surface area contributed by atoms with Gasteiger partial charge in [-0.05, 0) is 103 Å². The molecule has 18 nitrogen and oxygen atoms in total. The number of sulfone groups is 1. The van der Waals surface area contributed by atoms with Gasteiger partial charge in [0.15, 0.2) is 38.7 Å². The smallest absolute Gasteiger partial charge is 0.335 e. The first kappa shape index (κ1) is 50.4. The Bertz CT molecular complexity index is 3260. The molecule has 22 heteroatoms. The summed E-state index contributed by atoms with van der Waals surface area (Å²) in [5.74, 6) is 1.67. The van der Waals surface area contributed by atoms with Crippen LogP contribution in [0.3, 0.4) is 0 Å². The molecule has 0 atom stereocenters. The lowest BCUT2D eigenvalue weighted by Gasteiger charge is -2.10. The molecule has 8 rings (SSSR count). The van der Waals surface area contributed by atoms with Crippen LogP contribution >= 0.6 is 11.8 Å². The van der Waals surface area contributed by atoms with E-state index in [-0.39, 0.29) is 0 Å². The fourth-order valence-electron chi connectivity index (χ4n) is 6.73. The van der Waals surface area contributed by atoms with E-state index in [0.29, 0.717) is 5.94 Å². The van der Waals surface area contributed by atoms with E-state index < -0.39 is 38.9 Å². The van der Waals surface area contributed by atoms with Gasteiger partial charge in [-0.25, -0.2) is 38.3 Å². The first-order valence-electron chi connectivity index (χ1n) is 20.0. The maximum Gasteiger partial charge on any atom is 0.335 e. The minimum Gasteiger partial charge on any atom is -0.385 e. The molecule has 2 aromatic carbocycles. The molecular weight excluding hydrogens is 925 g/mol. The topological polar surface area (TPSA) is 233 Å². The van der Waals surface area contributed by atoms with Crippen LogP contribution in [0, 0.1) is 13.8 Å². The molecule has 0 saturated carbocycles. The summed E-state index contributed by atoms with van der Waals surface area (Å²) in [5.41, 5.74) is 12.9. The zero-order valence-electron chi connectivity index (χ0n) is 37.3. The van der Waals surface area contributed by atoms with Gasteiger partial charge in [0, 0.05) is 43.5 Å². The Hall–Kier alpha value is -6.62. The third kappa shape index (κ3) is 12.8. The number of aromatic nitrogens is 8. The summed E-state index contributed by atoms with van der Waals surface area (Å²) in [7, 11) is 0.698. The van der Waals surface area contributed by atoms with Crippen LogP contribution in [0.25, 0.3) is 67.2 Å². The van der Waals surface area contributed by atoms with Crippen molar-refractivity contribution in [2.45, 2.75) is 40.5 Å². The van der Waals surface area contributed by atoms with Gasteiger partial charge in [-0.1, -0.05) is 48.4 Å². The first-order valence-corrected chi connectivity index (χ1v) is 24.7. The highest BCUT2D eigenvalue weighted by Crippen LogP contribution is 2.30. The summed E-state index contributed by atoms with van der Waals surface area (Å²) >= 11 is 0.0841. The van der Waals surface area contributed by atoms with E-state index in [0.717, 1.165) is 120 Å². The zero-order valence-corrected chi connectivity index (χ0v) is 40.5. The molecule has 0 N–H and O–H groups in total. The highest BCUT2D eigenvalue weighted by molar-refractivity contribution is 7.98. The number of hydrogen-bond donors (Lipinski definition) is 0. The van der Waals surface area contributed by atoms with E-state index in [4.69, 9.17) is 46.4 Å². The molecular formula is C44H46N10O8S4. The van der Waals surface area contributed by atoms with Crippen molar-refractivity contribution in [3.05, 3.63) is 106 Å². The Balaban J connectivity index is 0.000000222. The Morgan fingerprint density at radius 1 is 0.636 bits per heavy atom. The van der Waals surface area contributed by atoms with Crippen molar-refractivity contribution in [3.63, 3.8) is 0 Å². The molecule has 0 amide bonds. The molecule has 0 fully saturated rings. The Morgan fingerprint density at radius 2 is 1.06 bits per heavy atom. The molecule has 6 aromatic heterocycles. The second-order valence-electron chi connectivity index (χ2n) is 14.6. The first-order chi connectivity index (χ1) is 31.7. The van der Waals surface area contributed by atoms with Crippen LogP contribution in [-0.2, 0) is 69.6 Å². The summed E-state index contributed by atoms with van der Waals surface area (Å²) < 4.78 is 59.4. The Labute approximate surface area is 392 Å². The van der Waals surface area contributed by atoms with Crippen molar-refractivity contribution in [1.82, 2.24) is 39.0 Å². The molecule has 6 heterocycles. The van der Waals surface area contributed by atoms with Crippen LogP contribution in [0.4, 0.5) is 0 Å². The van der Waals surface area contributed by atoms with E-state index >= 15 is 0 Å². The van der Waals surface area contributed by atoms with Gasteiger partial charge in [0.05, 0.1) is 23.5 Å². The van der Waals surface area contributed by atoms with Crippen molar-refractivity contribution in [1.29, 1.82) is 0 Å². The summed E-state index contributed by atoms with van der Waals surface area (Å²) in [6, 6.07) is 20.2. The van der Waals surface area contributed by atoms with Crippen molar-refractivity contribution in [2.24, 2.45) is 24.4 Å². The van der Waals surface area contributed by atoms with E-state index in [9.17, 15) is 8.42 Å². The lowest BCUT2D eigenvalue weighted by Crippen LogP contribution is -2.04. The fraction of sp³-hybridized carbons (Fsp3) is 0.273. The zero-order chi connectivity index (χ0) is 48.0. The standard InChI is InChI=1S/C22H23N5O3S.C22H23N5OS.2O2S/c1-5-16-10-17-7-6-15(12-24-30-13-31(4,28)29)9-18(17)25-20(16)22-26-19-8-14(2)11-23-21(19)27(22)3;1-5-16-10-17-7-6-15(12-24-28-13-29-4)9-18(17)25-20(16)22-26-19-8-14(2)11-23-21(19)27(22)3;2*1-3-2/h6-12H,5,13H2,1-4H3;6-12H,5,13H2,1-4H3;;/b2*24-12+;;. The van der Waals surface area contributed by atoms with Gasteiger partial charge in [0.25, 0.3) is 0 Å². The van der Waals surface area contributed by atoms with Crippen LogP contribution in [-0.4, -0.2) is 101 Å². The third-order valence-corrected chi connectivity index (χ3v) is 10.6. The highest BCUT2D eigenvalue weighted by Gasteiger charge is 2.18. The molecule has 0 bridgehead atoms. The number of pyridine rings is 4. The third-order valence-electron chi connectivity index (χ3n) is 9.71. The largest absolute Gasteiger partial charge is 0.385 e. The second-order valence-corrected chi connectivity index (χ2v) is 17.8. The monoisotopic (exact) mass is 970 g/mol. The SMILES string of the molecule is CCc1cc2ccc(/C=N/OCS(C)(=O)=O)cc2nc1-c1nc2cc(C)cnc2n1C.CCc1cc2ccc(/C=N/OCSC)cc2nc1-c1nc2cc(C)cnc2n1C.O=S=O.O=S=O. The van der Waals surface area contributed by atoms with Crippen LogP contribution < -0.4 is 0 Å². The number of nitrogens with zero attached hydrogens (tertiary/aromatic N) is 10. The number of thioether (sulfide) groups is 1. The number of fused-ring (bicyclic) bond motifs is 4. The summed E-state index contributed by atoms with van der Waals surface area (Å²) in [6.45, 7) is 8.26. The Morgan fingerprint density at radius 3 is 1.45 bits per heavy atom. The van der Waals surface area contributed by atoms with Crippen molar-refractivity contribution < 1.29 is 34.9 Å². The lowest BCUT2D eigenvalue weighted by molar-refractivity contribution is 0.192. The Kier molecular flexibility index (Phi) is 18.0. The molecule has 344 valence electrons. The van der Waals surface area contributed by atoms with Crippen LogP contribution in [0.1, 0.15) is 47.2 Å². The molecule has 0 aliphatic rings. The second kappa shape index (κ2) is 23.5. The maximum atomic E-state index is 11.1. The number of aryl methyl sites for hydroxylation is 6. The summed E-state index contributed by atoms with van der Waals surface area (Å²) in [5, 5.41) is 9.85. The van der Waals surface area contributed by atoms with Crippen molar-refractivity contribution >= 4 is 101 Å². The maximum absolute atomic E-state index is 11.1. The molecule has 0 unspecified atom stereocenters. The van der Waals surface area contributed by atoms with Gasteiger partial charge >= 0.3 is 23.1 Å². The van der Waals surface area contributed by atoms with E-state index in [1.54, 1.807) is 18.0 Å². The molecule has 0 aliphatic carbocycles. The van der Waals surface area contributed by atoms with Gasteiger partial charge in [-0.3, -0.25) is 0 Å². The van der Waals surface area contributed by atoms with Gasteiger partial charge in [-0.2, -0.15) is 16.8 Å². The van der Waals surface area contributed by atoms with E-state index in [1.165, 1.54) is 6.21 Å². The molecule has 8 aromatic rings. The normalized spacial score (nSPS) is 11.3. The molecule has 0 saturated heterocycles. The number of hydrogen-bond acceptors (Lipinski definition) is 17. The van der Waals surface area contributed by atoms with Gasteiger partial charge in [0.1, 0.15) is 22.4 Å². The number of imidazole rings is 2. The molecule has 0 radical (unpaired) electrons. The lowest BCUT2D eigenvalue weighted by atomic mass is 10.0. The summed E-state index contributed by atoms with van der Waals surface area (Å²) in [4.78, 5) is 38.6. The average molecular weight is 971 g/mol. The molecule has 0 spiro atoms. The number of oxime groups is 2. The van der Waals surface area contributed by atoms with E-state index in [1.807, 2.05) is 92.1 Å². The fourth-order valence-corrected chi connectivity index (χ4v) is 7.14. The van der Waals surface area contributed by atoms with Crippen molar-refractivity contribution in [3.8, 4) is 23.0 Å². The minimum atomic E-state index is -3.24. The summed E-state index contributed by atoms with van der Waals surface area (Å²) in [6.07, 6.45) is 11.6.